The Morgan fingerprint density at radius 1 is 1.82 bits per heavy atom. The Balaban J connectivity index is 4.08. The molecule has 0 aliphatic carbocycles. The average molecular weight is 157 g/mol. The van der Waals surface area contributed by atoms with Crippen molar-refractivity contribution in [2.75, 3.05) is 14.1 Å². The van der Waals surface area contributed by atoms with E-state index in [1.54, 1.807) is 20.3 Å². The third-order valence-corrected chi connectivity index (χ3v) is 1.35. The smallest absolute Gasteiger partial charge is 0.0781 e. The molecule has 0 fully saturated rings. The van der Waals surface area contributed by atoms with Crippen LogP contribution in [-0.2, 0) is 0 Å². The van der Waals surface area contributed by atoms with Crippen molar-refractivity contribution in [3.05, 3.63) is 11.8 Å². The number of hydrogen-bond donors (Lipinski definition) is 3. The van der Waals surface area contributed by atoms with Crippen molar-refractivity contribution < 1.29 is 0 Å². The Hall–Kier alpha value is -0.940. The lowest BCUT2D eigenvalue weighted by molar-refractivity contribution is 0.431. The van der Waals surface area contributed by atoms with Crippen LogP contribution in [0.2, 0.25) is 0 Å². The molecule has 1 unspecified atom stereocenters. The van der Waals surface area contributed by atoms with Gasteiger partial charge >= 0.3 is 0 Å². The molecule has 0 aromatic carbocycles. The number of likely N-dealkylation sites (N-methyl/N-ethyl adjacent to an activating group) is 1. The predicted molar refractivity (Wildman–Crippen MR) is 43.7 cm³/mol. The van der Waals surface area contributed by atoms with Crippen LogP contribution < -0.4 is 11.1 Å². The van der Waals surface area contributed by atoms with Gasteiger partial charge in [-0.25, -0.2) is 0 Å². The van der Waals surface area contributed by atoms with Gasteiger partial charge in [0.25, 0.3) is 0 Å². The molecule has 0 saturated heterocycles. The van der Waals surface area contributed by atoms with Crippen molar-refractivity contribution in [2.24, 2.45) is 11.0 Å². The number of nitrogens with two attached hydrogens (primary N) is 1. The first-order valence-electron chi connectivity index (χ1n) is 3.33. The van der Waals surface area contributed by atoms with Gasteiger partial charge in [0.05, 0.1) is 6.17 Å². The Morgan fingerprint density at radius 2 is 2.36 bits per heavy atom. The number of hydrogen-bond acceptors (Lipinski definition) is 4. The van der Waals surface area contributed by atoms with Crippen LogP contribution in [0.25, 0.3) is 0 Å². The van der Waals surface area contributed by atoms with Crippen molar-refractivity contribution in [1.29, 1.82) is 5.53 Å². The minimum atomic E-state index is -0.167. The van der Waals surface area contributed by atoms with Gasteiger partial charge in [0, 0.05) is 13.2 Å². The summed E-state index contributed by atoms with van der Waals surface area (Å²) in [7, 11) is 3.46. The van der Waals surface area contributed by atoms with Crippen LogP contribution in [0.1, 0.15) is 6.92 Å². The van der Waals surface area contributed by atoms with Gasteiger partial charge in [0.15, 0.2) is 0 Å². The maximum atomic E-state index is 6.65. The SMILES string of the molecule is CNC(N)/C(C)=C/N(C)N=N. The summed E-state index contributed by atoms with van der Waals surface area (Å²) in [6, 6.07) is 0. The Morgan fingerprint density at radius 3 is 2.73 bits per heavy atom. The second-order valence-electron chi connectivity index (χ2n) is 2.31. The van der Waals surface area contributed by atoms with Gasteiger partial charge in [-0.1, -0.05) is 5.22 Å². The van der Waals surface area contributed by atoms with Crippen LogP contribution in [0.15, 0.2) is 17.0 Å². The van der Waals surface area contributed by atoms with Crippen molar-refractivity contribution in [3.63, 3.8) is 0 Å². The van der Waals surface area contributed by atoms with E-state index in [0.717, 1.165) is 5.57 Å². The first kappa shape index (κ1) is 10.1. The summed E-state index contributed by atoms with van der Waals surface area (Å²) in [5, 5.41) is 7.44. The Bertz CT molecular complexity index is 153. The van der Waals surface area contributed by atoms with Crippen LogP contribution in [0.4, 0.5) is 0 Å². The Kier molecular flexibility index (Phi) is 4.40. The third-order valence-electron chi connectivity index (χ3n) is 1.35. The Labute approximate surface area is 66.7 Å². The quantitative estimate of drug-likeness (QED) is 0.311. The topological polar surface area (TPSA) is 77.5 Å². The molecule has 4 N–H and O–H groups in total. The highest BCUT2D eigenvalue weighted by Crippen LogP contribution is 1.97. The summed E-state index contributed by atoms with van der Waals surface area (Å²) >= 11 is 0. The van der Waals surface area contributed by atoms with E-state index >= 15 is 0 Å². The first-order chi connectivity index (χ1) is 5.11. The molecule has 0 radical (unpaired) electrons. The van der Waals surface area contributed by atoms with E-state index in [1.165, 1.54) is 5.01 Å². The van der Waals surface area contributed by atoms with Crippen molar-refractivity contribution >= 4 is 0 Å². The normalized spacial score (nSPS) is 14.4. The maximum Gasteiger partial charge on any atom is 0.0781 e. The molecule has 0 heterocycles. The highest BCUT2D eigenvalue weighted by molar-refractivity contribution is 5.03. The fourth-order valence-electron chi connectivity index (χ4n) is 0.632. The van der Waals surface area contributed by atoms with Crippen molar-refractivity contribution in [3.8, 4) is 0 Å². The zero-order valence-corrected chi connectivity index (χ0v) is 7.13. The van der Waals surface area contributed by atoms with Crippen LogP contribution in [0.3, 0.4) is 0 Å². The lowest BCUT2D eigenvalue weighted by atomic mass is 10.2. The zero-order chi connectivity index (χ0) is 8.85. The third kappa shape index (κ3) is 3.69. The van der Waals surface area contributed by atoms with E-state index in [4.69, 9.17) is 11.3 Å². The lowest BCUT2D eigenvalue weighted by Gasteiger charge is -2.12. The molecule has 0 aliphatic heterocycles. The summed E-state index contributed by atoms with van der Waals surface area (Å²) in [6.07, 6.45) is 1.54. The maximum absolute atomic E-state index is 6.65. The van der Waals surface area contributed by atoms with Crippen LogP contribution >= 0.6 is 0 Å². The molecule has 0 bridgehead atoms. The van der Waals surface area contributed by atoms with E-state index in [0.29, 0.717) is 0 Å². The fraction of sp³-hybridized carbons (Fsp3) is 0.667. The molecule has 5 nitrogen and oxygen atoms in total. The van der Waals surface area contributed by atoms with Gasteiger partial charge in [0.1, 0.15) is 0 Å². The molecule has 0 rings (SSSR count). The number of rotatable bonds is 4. The van der Waals surface area contributed by atoms with E-state index in [1.807, 2.05) is 6.92 Å². The van der Waals surface area contributed by atoms with E-state index in [-0.39, 0.29) is 6.17 Å². The van der Waals surface area contributed by atoms with Crippen molar-refractivity contribution in [1.82, 2.24) is 10.3 Å². The molecule has 0 aromatic rings. The van der Waals surface area contributed by atoms with Gasteiger partial charge in [-0.15, -0.1) is 0 Å². The van der Waals surface area contributed by atoms with Gasteiger partial charge < -0.3 is 11.1 Å². The molecule has 11 heavy (non-hydrogen) atoms. The van der Waals surface area contributed by atoms with Crippen LogP contribution in [-0.4, -0.2) is 25.3 Å². The first-order valence-corrected chi connectivity index (χ1v) is 3.33. The largest absolute Gasteiger partial charge is 0.312 e. The highest BCUT2D eigenvalue weighted by Gasteiger charge is 2.00. The highest BCUT2D eigenvalue weighted by atomic mass is 15.5. The van der Waals surface area contributed by atoms with E-state index in [9.17, 15) is 0 Å². The van der Waals surface area contributed by atoms with Crippen LogP contribution in [0, 0.1) is 5.53 Å². The van der Waals surface area contributed by atoms with Gasteiger partial charge in [-0.3, -0.25) is 5.01 Å². The second-order valence-corrected chi connectivity index (χ2v) is 2.31. The minimum Gasteiger partial charge on any atom is -0.312 e. The van der Waals surface area contributed by atoms with Crippen molar-refractivity contribution in [2.45, 2.75) is 13.1 Å². The molecule has 5 heteroatoms. The molecule has 0 amide bonds. The molecule has 0 spiro atoms. The standard InChI is InChI=1S/C6H15N5/c1-5(6(7)9-2)4-11(3)10-8/h4,6,8-9H,7H2,1-3H3/b5-4+,10-8?. The van der Waals surface area contributed by atoms with Gasteiger partial charge in [0.2, 0.25) is 0 Å². The summed E-state index contributed by atoms with van der Waals surface area (Å²) in [4.78, 5) is 0. The molecule has 64 valence electrons. The summed E-state index contributed by atoms with van der Waals surface area (Å²) < 4.78 is 0. The molecule has 0 saturated carbocycles. The minimum absolute atomic E-state index is 0.167. The molecule has 1 atom stereocenters. The van der Waals surface area contributed by atoms with Gasteiger partial charge in [-0.05, 0) is 19.5 Å². The summed E-state index contributed by atoms with van der Waals surface area (Å²) in [5.41, 5.74) is 13.2. The predicted octanol–water partition coefficient (Wildman–Crippen LogP) is 0.272. The van der Waals surface area contributed by atoms with E-state index in [2.05, 4.69) is 10.5 Å². The number of nitrogens with one attached hydrogen (secondary N) is 2. The average Bonchev–Trinajstić information content (AvgIpc) is 2.02. The zero-order valence-electron chi connectivity index (χ0n) is 7.13. The van der Waals surface area contributed by atoms with E-state index < -0.39 is 0 Å². The molecule has 0 aliphatic rings. The van der Waals surface area contributed by atoms with Crippen LogP contribution in [0.5, 0.6) is 0 Å². The summed E-state index contributed by atoms with van der Waals surface area (Å²) in [5.74, 6) is 0. The molecular weight excluding hydrogens is 142 g/mol. The second kappa shape index (κ2) is 4.81. The molecule has 0 aromatic heterocycles. The molecular formula is C6H15N5. The lowest BCUT2D eigenvalue weighted by Crippen LogP contribution is -2.35. The number of nitrogens with zero attached hydrogens (tertiary/aromatic N) is 2. The van der Waals surface area contributed by atoms with Gasteiger partial charge in [-0.2, -0.15) is 5.53 Å². The fourth-order valence-corrected chi connectivity index (χ4v) is 0.632. The summed E-state index contributed by atoms with van der Waals surface area (Å²) in [6.45, 7) is 1.88. The monoisotopic (exact) mass is 157 g/mol.